The van der Waals surface area contributed by atoms with Gasteiger partial charge in [-0.25, -0.2) is 4.98 Å². The molecule has 0 aliphatic heterocycles. The van der Waals surface area contributed by atoms with E-state index in [2.05, 4.69) is 22.6 Å². The van der Waals surface area contributed by atoms with Gasteiger partial charge >= 0.3 is 0 Å². The third-order valence-corrected chi connectivity index (χ3v) is 4.51. The van der Waals surface area contributed by atoms with Gasteiger partial charge in [0.15, 0.2) is 0 Å². The number of nitrogens with zero attached hydrogens (tertiary/aromatic N) is 1. The van der Waals surface area contributed by atoms with Crippen molar-refractivity contribution in [1.82, 2.24) is 10.3 Å². The maximum atomic E-state index is 6.31. The monoisotopic (exact) mass is 239 g/mol. The Morgan fingerprint density at radius 3 is 2.81 bits per heavy atom. The molecule has 1 fully saturated rings. The first-order valence-electron chi connectivity index (χ1n) is 6.03. The van der Waals surface area contributed by atoms with E-state index >= 15 is 0 Å². The molecule has 1 aliphatic rings. The van der Waals surface area contributed by atoms with Gasteiger partial charge in [0.2, 0.25) is 0 Å². The summed E-state index contributed by atoms with van der Waals surface area (Å²) >= 11 is 1.72. The van der Waals surface area contributed by atoms with Gasteiger partial charge < -0.3 is 11.1 Å². The predicted molar refractivity (Wildman–Crippen MR) is 68.7 cm³/mol. The molecular weight excluding hydrogens is 218 g/mol. The fourth-order valence-corrected chi connectivity index (χ4v) is 3.10. The van der Waals surface area contributed by atoms with Crippen molar-refractivity contribution in [1.29, 1.82) is 0 Å². The summed E-state index contributed by atoms with van der Waals surface area (Å²) in [6.07, 6.45) is 4.87. The largest absolute Gasteiger partial charge is 0.324 e. The lowest BCUT2D eigenvalue weighted by molar-refractivity contribution is 0.383. The summed E-state index contributed by atoms with van der Waals surface area (Å²) in [6.45, 7) is 5.11. The third-order valence-electron chi connectivity index (χ3n) is 3.37. The Hall–Kier alpha value is -0.450. The Bertz CT molecular complexity index is 342. The molecular formula is C12H21N3S. The minimum Gasteiger partial charge on any atom is -0.324 e. The second-order valence-corrected chi connectivity index (χ2v) is 5.89. The first-order chi connectivity index (χ1) is 7.59. The zero-order valence-corrected chi connectivity index (χ0v) is 10.9. The van der Waals surface area contributed by atoms with E-state index in [0.717, 1.165) is 25.1 Å². The van der Waals surface area contributed by atoms with Crippen molar-refractivity contribution >= 4 is 11.3 Å². The minimum absolute atomic E-state index is 0.0283. The highest BCUT2D eigenvalue weighted by Crippen LogP contribution is 2.27. The summed E-state index contributed by atoms with van der Waals surface area (Å²) in [5, 5.41) is 6.78. The van der Waals surface area contributed by atoms with Crippen molar-refractivity contribution in [3.05, 3.63) is 16.1 Å². The molecule has 1 aliphatic carbocycles. The highest BCUT2D eigenvalue weighted by Gasteiger charge is 2.29. The van der Waals surface area contributed by atoms with Gasteiger partial charge in [-0.2, -0.15) is 0 Å². The molecule has 1 atom stereocenters. The van der Waals surface area contributed by atoms with Crippen molar-refractivity contribution in [2.75, 3.05) is 6.54 Å². The smallest absolute Gasteiger partial charge is 0.110 e. The molecule has 0 saturated heterocycles. The summed E-state index contributed by atoms with van der Waals surface area (Å²) in [7, 11) is 0. The van der Waals surface area contributed by atoms with Crippen LogP contribution in [-0.2, 0) is 0 Å². The molecule has 1 heterocycles. The van der Waals surface area contributed by atoms with Crippen LogP contribution in [-0.4, -0.2) is 17.1 Å². The molecule has 0 aromatic carbocycles. The van der Waals surface area contributed by atoms with Crippen LogP contribution in [0.4, 0.5) is 0 Å². The molecule has 3 N–H and O–H groups in total. The first-order valence-corrected chi connectivity index (χ1v) is 6.91. The van der Waals surface area contributed by atoms with E-state index in [-0.39, 0.29) is 5.54 Å². The normalized spacial score (nSPS) is 21.2. The topological polar surface area (TPSA) is 50.9 Å². The molecule has 1 saturated carbocycles. The average molecular weight is 239 g/mol. The van der Waals surface area contributed by atoms with Crippen LogP contribution in [0.3, 0.4) is 0 Å². The van der Waals surface area contributed by atoms with Gasteiger partial charge in [0, 0.05) is 23.2 Å². The van der Waals surface area contributed by atoms with E-state index in [1.807, 2.05) is 6.92 Å². The van der Waals surface area contributed by atoms with Crippen LogP contribution in [0.25, 0.3) is 0 Å². The van der Waals surface area contributed by atoms with Crippen molar-refractivity contribution < 1.29 is 0 Å². The lowest BCUT2D eigenvalue weighted by atomic mass is 9.99. The molecule has 1 aromatic heterocycles. The van der Waals surface area contributed by atoms with Crippen LogP contribution < -0.4 is 11.1 Å². The molecule has 2 rings (SSSR count). The number of hydrogen-bond acceptors (Lipinski definition) is 4. The number of thiazole rings is 1. The lowest BCUT2D eigenvalue weighted by Crippen LogP contribution is -2.46. The van der Waals surface area contributed by atoms with Crippen LogP contribution >= 0.6 is 11.3 Å². The van der Waals surface area contributed by atoms with Gasteiger partial charge in [-0.3, -0.25) is 0 Å². The van der Waals surface area contributed by atoms with Gasteiger partial charge in [0.05, 0.1) is 6.04 Å². The third kappa shape index (κ3) is 2.81. The summed E-state index contributed by atoms with van der Waals surface area (Å²) in [6, 6.07) is 0.319. The number of rotatable bonds is 4. The van der Waals surface area contributed by atoms with Gasteiger partial charge in [-0.1, -0.05) is 12.8 Å². The Morgan fingerprint density at radius 2 is 2.25 bits per heavy atom. The number of aryl methyl sites for hydroxylation is 1. The molecule has 4 heteroatoms. The molecule has 3 nitrogen and oxygen atoms in total. The standard InChI is InChI=1S/C12H21N3S/c1-9-7-16-11(15-9)10(2)14-8-12(13)5-3-4-6-12/h7,10,14H,3-6,8,13H2,1-2H3. The number of nitrogens with one attached hydrogen (secondary N) is 1. The van der Waals surface area contributed by atoms with Crippen LogP contribution in [0.5, 0.6) is 0 Å². The van der Waals surface area contributed by atoms with E-state index in [9.17, 15) is 0 Å². The first kappa shape index (κ1) is 12.0. The maximum absolute atomic E-state index is 6.31. The molecule has 1 aromatic rings. The van der Waals surface area contributed by atoms with E-state index in [0.29, 0.717) is 6.04 Å². The molecule has 0 spiro atoms. The Morgan fingerprint density at radius 1 is 1.56 bits per heavy atom. The molecule has 90 valence electrons. The number of hydrogen-bond donors (Lipinski definition) is 2. The second-order valence-electron chi connectivity index (χ2n) is 5.00. The lowest BCUT2D eigenvalue weighted by Gasteiger charge is -2.25. The SMILES string of the molecule is Cc1csc(C(C)NCC2(N)CCCC2)n1. The van der Waals surface area contributed by atoms with Crippen LogP contribution in [0.1, 0.15) is 49.4 Å². The quantitative estimate of drug-likeness (QED) is 0.848. The van der Waals surface area contributed by atoms with E-state index in [1.165, 1.54) is 17.8 Å². The van der Waals surface area contributed by atoms with Crippen LogP contribution in [0, 0.1) is 6.92 Å². The van der Waals surface area contributed by atoms with Crippen LogP contribution in [0.2, 0.25) is 0 Å². The van der Waals surface area contributed by atoms with Gasteiger partial charge in [-0.05, 0) is 26.7 Å². The Kier molecular flexibility index (Phi) is 3.62. The fourth-order valence-electron chi connectivity index (χ4n) is 2.27. The van der Waals surface area contributed by atoms with E-state index in [1.54, 1.807) is 11.3 Å². The summed E-state index contributed by atoms with van der Waals surface area (Å²) < 4.78 is 0. The Balaban J connectivity index is 1.86. The average Bonchev–Trinajstić information content (AvgIpc) is 2.85. The molecule has 0 amide bonds. The zero-order valence-electron chi connectivity index (χ0n) is 10.1. The maximum Gasteiger partial charge on any atom is 0.110 e. The summed E-state index contributed by atoms with van der Waals surface area (Å²) in [5.74, 6) is 0. The molecule has 16 heavy (non-hydrogen) atoms. The van der Waals surface area contributed by atoms with Crippen molar-refractivity contribution in [2.45, 2.75) is 51.1 Å². The van der Waals surface area contributed by atoms with Crippen molar-refractivity contribution in [2.24, 2.45) is 5.73 Å². The predicted octanol–water partition coefficient (Wildman–Crippen LogP) is 2.37. The van der Waals surface area contributed by atoms with Gasteiger partial charge in [0.1, 0.15) is 5.01 Å². The van der Waals surface area contributed by atoms with Gasteiger partial charge in [-0.15, -0.1) is 11.3 Å². The highest BCUT2D eigenvalue weighted by atomic mass is 32.1. The number of nitrogens with two attached hydrogens (primary N) is 1. The van der Waals surface area contributed by atoms with E-state index < -0.39 is 0 Å². The van der Waals surface area contributed by atoms with Crippen molar-refractivity contribution in [3.8, 4) is 0 Å². The fraction of sp³-hybridized carbons (Fsp3) is 0.750. The molecule has 0 bridgehead atoms. The molecule has 1 unspecified atom stereocenters. The highest BCUT2D eigenvalue weighted by molar-refractivity contribution is 7.09. The molecule has 0 radical (unpaired) electrons. The summed E-state index contributed by atoms with van der Waals surface area (Å²) in [5.41, 5.74) is 7.45. The zero-order chi connectivity index (χ0) is 11.6. The summed E-state index contributed by atoms with van der Waals surface area (Å²) in [4.78, 5) is 4.49. The van der Waals surface area contributed by atoms with Crippen molar-refractivity contribution in [3.63, 3.8) is 0 Å². The minimum atomic E-state index is 0.0283. The van der Waals surface area contributed by atoms with E-state index in [4.69, 9.17) is 5.73 Å². The Labute approximate surface area is 101 Å². The number of aromatic nitrogens is 1. The second kappa shape index (κ2) is 4.82. The van der Waals surface area contributed by atoms with Crippen LogP contribution in [0.15, 0.2) is 5.38 Å². The van der Waals surface area contributed by atoms with Gasteiger partial charge in [0.25, 0.3) is 0 Å².